The van der Waals surface area contributed by atoms with Crippen LogP contribution in [-0.2, 0) is 9.59 Å². The van der Waals surface area contributed by atoms with Gasteiger partial charge in [0.1, 0.15) is 0 Å². The van der Waals surface area contributed by atoms with Crippen molar-refractivity contribution in [1.29, 1.82) is 0 Å². The maximum atomic E-state index is 11.0. The molecule has 0 radical (unpaired) electrons. The zero-order valence-electron chi connectivity index (χ0n) is 12.1. The van der Waals surface area contributed by atoms with E-state index in [9.17, 15) is 9.59 Å². The molecule has 0 spiro atoms. The van der Waals surface area contributed by atoms with Crippen molar-refractivity contribution in [3.8, 4) is 0 Å². The van der Waals surface area contributed by atoms with Crippen LogP contribution in [-0.4, -0.2) is 23.5 Å². The molecule has 4 nitrogen and oxygen atoms in total. The normalized spacial score (nSPS) is 9.61. The largest absolute Gasteiger partial charge is 1.00 e. The summed E-state index contributed by atoms with van der Waals surface area (Å²) in [5.41, 5.74) is -1.02. The van der Waals surface area contributed by atoms with E-state index in [4.69, 9.17) is 5.11 Å². The van der Waals surface area contributed by atoms with Crippen molar-refractivity contribution < 1.29 is 33.6 Å². The molecule has 0 rings (SSSR count). The number of hydrogen-bond donors (Lipinski definition) is 2. The van der Waals surface area contributed by atoms with Crippen LogP contribution in [0, 0.1) is 25.7 Å². The van der Waals surface area contributed by atoms with Crippen molar-refractivity contribution in [2.75, 3.05) is 6.54 Å². The van der Waals surface area contributed by atoms with Crippen LogP contribution in [0.15, 0.2) is 0 Å². The Morgan fingerprint density at radius 3 is 1.89 bits per heavy atom. The van der Waals surface area contributed by atoms with E-state index in [0.29, 0.717) is 6.42 Å². The molecule has 0 unspecified atom stereocenters. The number of amides is 1. The van der Waals surface area contributed by atoms with Gasteiger partial charge in [0.2, 0.25) is 5.91 Å². The van der Waals surface area contributed by atoms with Crippen molar-refractivity contribution in [3.63, 3.8) is 0 Å². The first kappa shape index (κ1) is 22.7. The number of carboxylic acid groups (broad SMARTS) is 1. The topological polar surface area (TPSA) is 66.4 Å². The van der Waals surface area contributed by atoms with Crippen LogP contribution >= 0.6 is 0 Å². The maximum absolute atomic E-state index is 11.0. The smallest absolute Gasteiger partial charge is 0.481 e. The van der Waals surface area contributed by atoms with Crippen LogP contribution in [0.25, 0.3) is 0 Å². The third-order valence-electron chi connectivity index (χ3n) is 2.36. The molecule has 1 amide bonds. The second kappa shape index (κ2) is 13.0. The van der Waals surface area contributed by atoms with Gasteiger partial charge in [0.15, 0.2) is 0 Å². The van der Waals surface area contributed by atoms with Crippen molar-refractivity contribution in [1.82, 2.24) is 5.32 Å². The fourth-order valence-corrected chi connectivity index (χ4v) is 0.984. The van der Waals surface area contributed by atoms with Crippen molar-refractivity contribution in [2.45, 2.75) is 40.0 Å². The summed E-state index contributed by atoms with van der Waals surface area (Å²) in [6, 6.07) is 0. The van der Waals surface area contributed by atoms with Gasteiger partial charge in [-0.3, -0.25) is 9.59 Å². The third-order valence-corrected chi connectivity index (χ3v) is 2.36. The van der Waals surface area contributed by atoms with Crippen LogP contribution in [0.5, 0.6) is 0 Å². The van der Waals surface area contributed by atoms with E-state index in [-0.39, 0.29) is 44.2 Å². The minimum Gasteiger partial charge on any atom is -0.481 e. The summed E-state index contributed by atoms with van der Waals surface area (Å²) in [6.45, 7) is 13.0. The Morgan fingerprint density at radius 2 is 1.67 bits per heavy atom. The Bertz CT molecular complexity index is 228. The van der Waals surface area contributed by atoms with Crippen molar-refractivity contribution >= 4 is 11.9 Å². The fraction of sp³-hybridized carbons (Fsp3) is 0.615. The maximum Gasteiger partial charge on any atom is 1.00 e. The van der Waals surface area contributed by atoms with Gasteiger partial charge in [-0.2, -0.15) is 26.7 Å². The summed E-state index contributed by atoms with van der Waals surface area (Å²) < 4.78 is 0. The van der Waals surface area contributed by atoms with Crippen LogP contribution in [0.4, 0.5) is 0 Å². The Labute approximate surface area is 123 Å². The minimum absolute atomic E-state index is 0. The second-order valence-electron chi connectivity index (χ2n) is 3.79. The summed E-state index contributed by atoms with van der Waals surface area (Å²) >= 11 is 0. The number of carboxylic acids is 1. The molecular weight excluding hydrogens is 225 g/mol. The molecule has 0 aliphatic heterocycles. The first-order valence-corrected chi connectivity index (χ1v) is 5.76. The Hall–Kier alpha value is -0.463. The van der Waals surface area contributed by atoms with E-state index in [1.807, 2.05) is 20.3 Å². The number of aliphatic carboxylic acids is 1. The standard InChI is InChI=1S/C10H17NO3.C3H7.Li/c1-4-8(12)11-7-10(5-2,6-3)9(13)14;1-3-2;/h2-7H2,1H3,(H,11,12)(H,13,14);3H,1-2H3;/q-2;-1;+1. The van der Waals surface area contributed by atoms with Gasteiger partial charge in [-0.15, -0.1) is 0 Å². The monoisotopic (exact) mass is 249 g/mol. The van der Waals surface area contributed by atoms with E-state index in [2.05, 4.69) is 19.2 Å². The fourth-order valence-electron chi connectivity index (χ4n) is 0.984. The number of hydrogen-bond acceptors (Lipinski definition) is 2. The first-order chi connectivity index (χ1) is 7.93. The molecule has 2 N–H and O–H groups in total. The SMILES string of the molecule is C[CH-]C.[CH2-]CC(C[CH2-])(CNC(=O)CC)C(=O)O.[Li+]. The van der Waals surface area contributed by atoms with Crippen molar-refractivity contribution in [3.05, 3.63) is 20.3 Å². The van der Waals surface area contributed by atoms with E-state index in [0.717, 1.165) is 0 Å². The molecule has 102 valence electrons. The van der Waals surface area contributed by atoms with Gasteiger partial charge in [-0.25, -0.2) is 0 Å². The molecule has 0 saturated heterocycles. The van der Waals surface area contributed by atoms with Crippen LogP contribution in [0.2, 0.25) is 0 Å². The van der Waals surface area contributed by atoms with Gasteiger partial charge in [-0.05, 0) is 0 Å². The number of rotatable bonds is 6. The van der Waals surface area contributed by atoms with Gasteiger partial charge < -0.3 is 30.7 Å². The summed E-state index contributed by atoms with van der Waals surface area (Å²) in [7, 11) is 0. The Kier molecular flexibility index (Phi) is 16.4. The number of carbonyl (C=O) groups excluding carboxylic acids is 1. The summed E-state index contributed by atoms with van der Waals surface area (Å²) in [5, 5.41) is 11.5. The molecule has 0 fully saturated rings. The van der Waals surface area contributed by atoms with E-state index in [1.165, 1.54) is 0 Å². The molecule has 0 aromatic rings. The molecule has 0 heterocycles. The van der Waals surface area contributed by atoms with Crippen molar-refractivity contribution in [2.24, 2.45) is 5.41 Å². The predicted molar refractivity (Wildman–Crippen MR) is 69.0 cm³/mol. The van der Waals surface area contributed by atoms with Gasteiger partial charge >= 0.3 is 24.8 Å². The third kappa shape index (κ3) is 8.60. The second-order valence-corrected chi connectivity index (χ2v) is 3.79. The van der Waals surface area contributed by atoms with Gasteiger partial charge in [0, 0.05) is 18.4 Å². The molecule has 0 bridgehead atoms. The van der Waals surface area contributed by atoms with Gasteiger partial charge in [-0.1, -0.05) is 6.92 Å². The summed E-state index contributed by atoms with van der Waals surface area (Å²) in [4.78, 5) is 21.9. The van der Waals surface area contributed by atoms with Gasteiger partial charge in [0.25, 0.3) is 0 Å². The number of carbonyl (C=O) groups is 2. The molecular formula is C13H24LiNO3-2. The van der Waals surface area contributed by atoms with E-state index in [1.54, 1.807) is 6.92 Å². The zero-order valence-corrected chi connectivity index (χ0v) is 12.1. The molecule has 0 aliphatic carbocycles. The molecule has 18 heavy (non-hydrogen) atoms. The van der Waals surface area contributed by atoms with Crippen LogP contribution in [0.3, 0.4) is 0 Å². The zero-order chi connectivity index (χ0) is 13.9. The molecule has 0 aliphatic rings. The van der Waals surface area contributed by atoms with Crippen LogP contribution in [0.1, 0.15) is 40.0 Å². The molecule has 5 heteroatoms. The quantitative estimate of drug-likeness (QED) is 0.481. The minimum atomic E-state index is -1.02. The van der Waals surface area contributed by atoms with E-state index >= 15 is 0 Å². The average molecular weight is 249 g/mol. The Morgan fingerprint density at radius 1 is 1.28 bits per heavy atom. The first-order valence-electron chi connectivity index (χ1n) is 5.76. The molecule has 0 aromatic carbocycles. The van der Waals surface area contributed by atoms with Crippen LogP contribution < -0.4 is 24.2 Å². The molecule has 0 aromatic heterocycles. The predicted octanol–water partition coefficient (Wildman–Crippen LogP) is -0.734. The Balaban J connectivity index is -0.000000507. The number of nitrogens with one attached hydrogen (secondary N) is 1. The summed E-state index contributed by atoms with van der Waals surface area (Å²) in [5.74, 6) is -1.11. The molecule has 0 saturated carbocycles. The molecule has 0 atom stereocenters. The van der Waals surface area contributed by atoms with Gasteiger partial charge in [0.05, 0.1) is 0 Å². The summed E-state index contributed by atoms with van der Waals surface area (Å²) in [6.07, 6.45) is 2.79. The average Bonchev–Trinajstić information content (AvgIpc) is 2.31. The van der Waals surface area contributed by atoms with E-state index < -0.39 is 11.4 Å².